The molecule has 0 saturated carbocycles. The highest BCUT2D eigenvalue weighted by molar-refractivity contribution is 5.97. The van der Waals surface area contributed by atoms with Crippen LogP contribution in [0.1, 0.15) is 45.0 Å². The van der Waals surface area contributed by atoms with Crippen molar-refractivity contribution in [1.29, 1.82) is 0 Å². The summed E-state index contributed by atoms with van der Waals surface area (Å²) in [6.45, 7) is 13.3. The predicted octanol–water partition coefficient (Wildman–Crippen LogP) is 3.21. The molecular formula is C29H41F2N5O2. The smallest absolute Gasteiger partial charge is 0.241 e. The third-order valence-electron chi connectivity index (χ3n) is 7.84. The van der Waals surface area contributed by atoms with Crippen molar-refractivity contribution in [1.82, 2.24) is 20.1 Å². The van der Waals surface area contributed by atoms with E-state index in [0.717, 1.165) is 63.3 Å². The van der Waals surface area contributed by atoms with Gasteiger partial charge >= 0.3 is 0 Å². The highest BCUT2D eigenvalue weighted by Gasteiger charge is 2.40. The van der Waals surface area contributed by atoms with Crippen LogP contribution < -0.4 is 10.2 Å². The number of pyridine rings is 1. The summed E-state index contributed by atoms with van der Waals surface area (Å²) in [5.74, 6) is -1.12. The van der Waals surface area contributed by atoms with Gasteiger partial charge in [0.2, 0.25) is 5.91 Å². The normalized spacial score (nSPS) is 23.7. The monoisotopic (exact) mass is 529 g/mol. The summed E-state index contributed by atoms with van der Waals surface area (Å²) in [5.41, 5.74) is 2.66. The molecule has 3 aliphatic heterocycles. The molecule has 0 spiro atoms. The van der Waals surface area contributed by atoms with Gasteiger partial charge in [-0.3, -0.25) is 19.6 Å². The Bertz CT molecular complexity index is 1140. The Morgan fingerprint density at radius 2 is 1.97 bits per heavy atom. The summed E-state index contributed by atoms with van der Waals surface area (Å²) in [7, 11) is 0. The van der Waals surface area contributed by atoms with Crippen molar-refractivity contribution in [3.8, 4) is 0 Å². The summed E-state index contributed by atoms with van der Waals surface area (Å²) in [4.78, 5) is 25.0. The average Bonchev–Trinajstić information content (AvgIpc) is 3.13. The number of hydrogen-bond donors (Lipinski definition) is 1. The highest BCUT2D eigenvalue weighted by Crippen LogP contribution is 2.40. The van der Waals surface area contributed by atoms with Crippen molar-refractivity contribution in [3.63, 3.8) is 0 Å². The lowest BCUT2D eigenvalue weighted by Gasteiger charge is -2.42. The fourth-order valence-corrected chi connectivity index (χ4v) is 5.72. The van der Waals surface area contributed by atoms with Crippen LogP contribution >= 0.6 is 0 Å². The van der Waals surface area contributed by atoms with Gasteiger partial charge < -0.3 is 15.0 Å². The maximum absolute atomic E-state index is 14.3. The van der Waals surface area contributed by atoms with Gasteiger partial charge in [-0.25, -0.2) is 8.78 Å². The van der Waals surface area contributed by atoms with Gasteiger partial charge in [0.15, 0.2) is 0 Å². The first-order valence-electron chi connectivity index (χ1n) is 13.2. The summed E-state index contributed by atoms with van der Waals surface area (Å²) in [5, 5.41) is 3.57. The van der Waals surface area contributed by atoms with Gasteiger partial charge in [-0.1, -0.05) is 27.3 Å². The number of hydrogen-bond acceptors (Lipinski definition) is 6. The molecule has 0 unspecified atom stereocenters. The maximum atomic E-state index is 14.3. The zero-order valence-corrected chi connectivity index (χ0v) is 22.0. The molecule has 4 heterocycles. The lowest BCUT2D eigenvalue weighted by atomic mass is 9.88. The number of rotatable bonds is 6. The number of piperazine rings is 1. The number of benzene rings is 1. The van der Waals surface area contributed by atoms with Crippen LogP contribution in [0.2, 0.25) is 0 Å². The minimum absolute atomic E-state index is 0. The zero-order chi connectivity index (χ0) is 26.2. The molecule has 2 fully saturated rings. The van der Waals surface area contributed by atoms with Crippen molar-refractivity contribution in [2.75, 3.05) is 63.9 Å². The molecule has 2 saturated heterocycles. The van der Waals surface area contributed by atoms with Crippen LogP contribution in [-0.4, -0.2) is 91.8 Å². The Hall–Kier alpha value is -2.46. The van der Waals surface area contributed by atoms with Gasteiger partial charge in [0.25, 0.3) is 0 Å². The SMILES string of the molecule is C.C[C@@H]1CN(CC(=O)N2CC(C)(C)c3cnc(Cc4ccc(F)cc4F)cc32)[C@@H](CN2CCOCC2)CN1. The summed E-state index contributed by atoms with van der Waals surface area (Å²) in [6.07, 6.45) is 2.05. The molecule has 1 amide bonds. The predicted molar refractivity (Wildman–Crippen MR) is 146 cm³/mol. The van der Waals surface area contributed by atoms with Crippen LogP contribution in [0.5, 0.6) is 0 Å². The molecule has 2 aromatic rings. The number of anilines is 1. The minimum Gasteiger partial charge on any atom is -0.379 e. The molecule has 1 N–H and O–H groups in total. The number of halogens is 2. The fraction of sp³-hybridized carbons (Fsp3) is 0.586. The molecule has 38 heavy (non-hydrogen) atoms. The molecule has 3 aliphatic rings. The average molecular weight is 530 g/mol. The maximum Gasteiger partial charge on any atom is 0.241 e. The van der Waals surface area contributed by atoms with E-state index in [1.165, 1.54) is 12.1 Å². The third-order valence-corrected chi connectivity index (χ3v) is 7.84. The largest absolute Gasteiger partial charge is 0.379 e. The molecule has 2 atom stereocenters. The zero-order valence-electron chi connectivity index (χ0n) is 22.0. The van der Waals surface area contributed by atoms with Crippen LogP contribution in [-0.2, 0) is 21.4 Å². The first-order valence-corrected chi connectivity index (χ1v) is 13.2. The van der Waals surface area contributed by atoms with Gasteiger partial charge in [-0.2, -0.15) is 0 Å². The van der Waals surface area contributed by atoms with E-state index in [2.05, 4.69) is 40.9 Å². The number of ether oxygens (including phenoxy) is 1. The number of amides is 1. The van der Waals surface area contributed by atoms with Crippen LogP contribution in [0.15, 0.2) is 30.5 Å². The summed E-state index contributed by atoms with van der Waals surface area (Å²) >= 11 is 0. The molecule has 5 rings (SSSR count). The second-order valence-corrected chi connectivity index (χ2v) is 11.3. The minimum atomic E-state index is -0.601. The molecule has 208 valence electrons. The standard InChI is InChI=1S/C28H37F2N5O2.CH4/c1-19-15-34(23(13-31-19)16-33-6-8-37-9-7-33)17-27(36)35-18-28(2,3)24-14-32-22(12-26(24)35)10-20-4-5-21(29)11-25(20)30;/h4-5,11-12,14,19,23,31H,6-10,13,15-18H2,1-3H3;1H4/t19-,23-;/m1./s1. The molecule has 1 aromatic carbocycles. The first-order chi connectivity index (χ1) is 17.7. The molecule has 9 heteroatoms. The quantitative estimate of drug-likeness (QED) is 0.620. The van der Waals surface area contributed by atoms with Crippen molar-refractivity contribution in [3.05, 3.63) is 58.9 Å². The topological polar surface area (TPSA) is 60.9 Å². The Balaban J connectivity index is 0.00000336. The first kappa shape index (κ1) is 28.5. The van der Waals surface area contributed by atoms with E-state index >= 15 is 0 Å². The van der Waals surface area contributed by atoms with Gasteiger partial charge in [0.1, 0.15) is 11.6 Å². The fourth-order valence-electron chi connectivity index (χ4n) is 5.72. The van der Waals surface area contributed by atoms with E-state index in [1.54, 1.807) is 0 Å². The van der Waals surface area contributed by atoms with E-state index in [4.69, 9.17) is 4.74 Å². The Labute approximate surface area is 225 Å². The Morgan fingerprint density at radius 3 is 2.71 bits per heavy atom. The van der Waals surface area contributed by atoms with Crippen LogP contribution in [0, 0.1) is 11.6 Å². The van der Waals surface area contributed by atoms with E-state index in [1.807, 2.05) is 17.2 Å². The van der Waals surface area contributed by atoms with E-state index in [-0.39, 0.29) is 31.2 Å². The van der Waals surface area contributed by atoms with Gasteiger partial charge in [-0.15, -0.1) is 0 Å². The van der Waals surface area contributed by atoms with Crippen molar-refractivity contribution in [2.24, 2.45) is 0 Å². The summed E-state index contributed by atoms with van der Waals surface area (Å²) in [6, 6.07) is 6.07. The lowest BCUT2D eigenvalue weighted by Crippen LogP contribution is -2.61. The van der Waals surface area contributed by atoms with E-state index in [0.29, 0.717) is 30.4 Å². The van der Waals surface area contributed by atoms with E-state index < -0.39 is 11.6 Å². The highest BCUT2D eigenvalue weighted by atomic mass is 19.1. The number of fused-ring (bicyclic) bond motifs is 1. The van der Waals surface area contributed by atoms with Gasteiger partial charge in [0.05, 0.1) is 25.4 Å². The number of aromatic nitrogens is 1. The molecule has 0 bridgehead atoms. The molecule has 7 nitrogen and oxygen atoms in total. The van der Waals surface area contributed by atoms with Crippen LogP contribution in [0.3, 0.4) is 0 Å². The second-order valence-electron chi connectivity index (χ2n) is 11.3. The molecule has 0 aliphatic carbocycles. The van der Waals surface area contributed by atoms with Crippen molar-refractivity contribution in [2.45, 2.75) is 52.1 Å². The molecular weight excluding hydrogens is 488 g/mol. The lowest BCUT2D eigenvalue weighted by molar-refractivity contribution is -0.121. The number of morpholine rings is 1. The molecule has 1 aromatic heterocycles. The second kappa shape index (κ2) is 11.7. The van der Waals surface area contributed by atoms with E-state index in [9.17, 15) is 13.6 Å². The Morgan fingerprint density at radius 1 is 1.21 bits per heavy atom. The Kier molecular flexibility index (Phi) is 8.82. The number of nitrogens with zero attached hydrogens (tertiary/aromatic N) is 4. The van der Waals surface area contributed by atoms with Gasteiger partial charge in [-0.05, 0) is 24.6 Å². The van der Waals surface area contributed by atoms with Crippen molar-refractivity contribution >= 4 is 11.6 Å². The van der Waals surface area contributed by atoms with Crippen LogP contribution in [0.4, 0.5) is 14.5 Å². The number of carbonyl (C=O) groups excluding carboxylic acids is 1. The number of carbonyl (C=O) groups is 1. The third kappa shape index (κ3) is 6.22. The molecule has 0 radical (unpaired) electrons. The van der Waals surface area contributed by atoms with Crippen LogP contribution in [0.25, 0.3) is 0 Å². The number of nitrogens with one attached hydrogen (secondary N) is 1. The van der Waals surface area contributed by atoms with Gasteiger partial charge in [0, 0.05) is 86.7 Å². The summed E-state index contributed by atoms with van der Waals surface area (Å²) < 4.78 is 33.1. The van der Waals surface area contributed by atoms with Crippen molar-refractivity contribution < 1.29 is 18.3 Å².